The number of nitrogens with two attached hydrogens (primary N) is 2. The number of aliphatic carboxylic acids is 2. The summed E-state index contributed by atoms with van der Waals surface area (Å²) in [6.07, 6.45) is -1.76. The number of carbonyl (C=O) groups excluding carboxylic acids is 4. The van der Waals surface area contributed by atoms with E-state index in [1.165, 1.54) is 0 Å². The molecule has 0 saturated heterocycles. The van der Waals surface area contributed by atoms with Crippen LogP contribution in [0.25, 0.3) is 0 Å². The molecule has 150 valence electrons. The van der Waals surface area contributed by atoms with E-state index in [0.717, 1.165) is 0 Å². The van der Waals surface area contributed by atoms with Crippen LogP contribution in [0, 0.1) is 0 Å². The second-order valence-corrected chi connectivity index (χ2v) is 4.49. The molecule has 0 saturated carbocycles. The molecule has 0 aliphatic rings. The van der Waals surface area contributed by atoms with Gasteiger partial charge in [0.05, 0.1) is 0 Å². The molecule has 0 rings (SSSR count). The molecule has 0 spiro atoms. The summed E-state index contributed by atoms with van der Waals surface area (Å²) in [4.78, 5) is 65.6. The van der Waals surface area contributed by atoms with E-state index in [0.29, 0.717) is 0 Å². The van der Waals surface area contributed by atoms with Gasteiger partial charge in [-0.15, -0.1) is 0 Å². The van der Waals surface area contributed by atoms with Crippen LogP contribution in [-0.2, 0) is 38.2 Å². The predicted octanol–water partition coefficient (Wildman–Crippen LogP) is -7.68. The number of esters is 4. The average molecular weight is 540 g/mol. The molecule has 0 aromatic rings. The first-order valence-electron chi connectivity index (χ1n) is 6.51. The summed E-state index contributed by atoms with van der Waals surface area (Å²) in [6.45, 7) is 0. The van der Waals surface area contributed by atoms with Gasteiger partial charge in [-0.3, -0.25) is 19.2 Å². The average Bonchev–Trinajstić information content (AvgIpc) is 2.49. The van der Waals surface area contributed by atoms with Crippen LogP contribution in [0.5, 0.6) is 0 Å². The fourth-order valence-corrected chi connectivity index (χ4v) is 1.19. The van der Waals surface area contributed by atoms with Crippen LogP contribution in [0.1, 0.15) is 25.7 Å². The molecule has 12 nitrogen and oxygen atoms in total. The Bertz CT molecular complexity index is 522. The monoisotopic (exact) mass is 540 g/mol. The van der Waals surface area contributed by atoms with Crippen molar-refractivity contribution in [1.82, 2.24) is 0 Å². The van der Waals surface area contributed by atoms with Gasteiger partial charge in [-0.05, 0) is 12.8 Å². The molecular weight excluding hydrogens is 516 g/mol. The van der Waals surface area contributed by atoms with Gasteiger partial charge in [-0.1, -0.05) is 0 Å². The number of carboxylic acids is 2. The Morgan fingerprint density at radius 2 is 0.781 bits per heavy atom. The van der Waals surface area contributed by atoms with Gasteiger partial charge in [-0.2, -0.15) is 0 Å². The number of rotatable bonds is 8. The van der Waals surface area contributed by atoms with Gasteiger partial charge in [0.15, 0.2) is 0 Å². The molecule has 0 amide bonds. The van der Waals surface area contributed by atoms with E-state index >= 15 is 0 Å². The van der Waals surface area contributed by atoms with Crippen molar-refractivity contribution in [3.8, 4) is 0 Å². The van der Waals surface area contributed by atoms with Crippen molar-refractivity contribution in [2.24, 2.45) is 11.5 Å². The number of ether oxygens (including phenoxy) is 2. The Kier molecular flexibility index (Phi) is 69.2. The summed E-state index contributed by atoms with van der Waals surface area (Å²) < 4.78 is 8.07. The molecule has 0 aromatic heterocycles. The van der Waals surface area contributed by atoms with Crippen molar-refractivity contribution in [3.63, 3.8) is 0 Å². The zero-order chi connectivity index (χ0) is 18.9. The fraction of sp³-hybridized carbons (Fsp3) is 0.500. The van der Waals surface area contributed by atoms with Crippen molar-refractivity contribution >= 4 is 272 Å². The molecule has 20 heteroatoms. The third-order valence-electron chi connectivity index (χ3n) is 2.53. The first-order chi connectivity index (χ1) is 11.0. The maximum absolute atomic E-state index is 11.2. The van der Waals surface area contributed by atoms with E-state index in [1.807, 2.05) is 0 Å². The summed E-state index contributed by atoms with van der Waals surface area (Å²) >= 11 is 0. The quantitative estimate of drug-likeness (QED) is 0.0978. The zero-order valence-electron chi connectivity index (χ0n) is 12.3. The molecular formula is C12H24N2Na8O10. The van der Waals surface area contributed by atoms with Crippen LogP contribution < -0.4 is 11.5 Å². The van der Waals surface area contributed by atoms with Crippen LogP contribution in [0.2, 0.25) is 0 Å². The van der Waals surface area contributed by atoms with E-state index in [-0.39, 0.29) is 249 Å². The zero-order valence-corrected chi connectivity index (χ0v) is 12.3. The van der Waals surface area contributed by atoms with E-state index < -0.39 is 60.7 Å². The number of hydrogen-bond donors (Lipinski definition) is 4. The molecule has 2 atom stereocenters. The van der Waals surface area contributed by atoms with E-state index in [2.05, 4.69) is 9.47 Å². The third kappa shape index (κ3) is 33.2. The topological polar surface area (TPSA) is 213 Å². The molecule has 0 fully saturated rings. The molecule has 0 aromatic carbocycles. The van der Waals surface area contributed by atoms with Gasteiger partial charge in [-0.25, -0.2) is 9.59 Å². The third-order valence-corrected chi connectivity index (χ3v) is 2.53. The molecule has 6 N–H and O–H groups in total. The Hall–Kier alpha value is 5.14. The minimum atomic E-state index is -1.78. The van der Waals surface area contributed by atoms with Crippen LogP contribution in [0.15, 0.2) is 0 Å². The second kappa shape index (κ2) is 36.1. The number of carbonyl (C=O) groups is 6. The summed E-state index contributed by atoms with van der Waals surface area (Å²) in [5.74, 6) is -8.74. The van der Waals surface area contributed by atoms with E-state index in [4.69, 9.17) is 21.7 Å². The van der Waals surface area contributed by atoms with Gasteiger partial charge in [0.2, 0.25) is 0 Å². The summed E-state index contributed by atoms with van der Waals surface area (Å²) in [6, 6.07) is -2.70. The van der Waals surface area contributed by atoms with Crippen molar-refractivity contribution in [2.75, 3.05) is 0 Å². The van der Waals surface area contributed by atoms with Crippen molar-refractivity contribution in [3.05, 3.63) is 0 Å². The first-order valence-corrected chi connectivity index (χ1v) is 6.51. The maximum atomic E-state index is 11.2. The fourth-order valence-electron chi connectivity index (χ4n) is 1.19. The molecule has 0 unspecified atom stereocenters. The van der Waals surface area contributed by atoms with Gasteiger partial charge >= 0.3 is 272 Å². The van der Waals surface area contributed by atoms with Crippen molar-refractivity contribution in [2.45, 2.75) is 37.8 Å². The molecule has 0 heterocycles. The van der Waals surface area contributed by atoms with Gasteiger partial charge in [0, 0.05) is 12.8 Å². The minimum absolute atomic E-state index is 0. The summed E-state index contributed by atoms with van der Waals surface area (Å²) in [5, 5.41) is 17.0. The van der Waals surface area contributed by atoms with Crippen LogP contribution in [-0.4, -0.2) is 295 Å². The van der Waals surface area contributed by atoms with Gasteiger partial charge in [0.25, 0.3) is 0 Å². The van der Waals surface area contributed by atoms with Crippen molar-refractivity contribution in [1.29, 1.82) is 0 Å². The standard InChI is InChI=1S/C12H16N2O10.8Na.8H/c13-5(9(17)18)1-3-7(15)23-11(21)12(22)24-8(16)4-2-6(14)10(19)20;;;;;;;;;;;;;;;;/h5-6H,1-4,13-14H2,(H,17,18)(H,19,20);;;;;;;;;;;;;;;;/t5-,6-;;;;;;;;;;;;;;;;/m0................/s1. The Morgan fingerprint density at radius 1 is 0.562 bits per heavy atom. The Labute approximate surface area is 362 Å². The van der Waals surface area contributed by atoms with E-state index in [1.54, 1.807) is 0 Å². The molecule has 0 aliphatic carbocycles. The van der Waals surface area contributed by atoms with E-state index in [9.17, 15) is 28.8 Å². The number of carboxylic acid groups (broad SMARTS) is 2. The van der Waals surface area contributed by atoms with Gasteiger partial charge < -0.3 is 31.2 Å². The first kappa shape index (κ1) is 61.3. The Morgan fingerprint density at radius 3 is 0.969 bits per heavy atom. The second-order valence-electron chi connectivity index (χ2n) is 4.49. The normalized spacial score (nSPS) is 9.44. The van der Waals surface area contributed by atoms with Crippen molar-refractivity contribution < 1.29 is 48.5 Å². The number of hydrogen-bond acceptors (Lipinski definition) is 10. The summed E-state index contributed by atoms with van der Waals surface area (Å²) in [5.41, 5.74) is 10.2. The van der Waals surface area contributed by atoms with Crippen LogP contribution in [0.3, 0.4) is 0 Å². The predicted molar refractivity (Wildman–Crippen MR) is 129 cm³/mol. The molecule has 0 aliphatic heterocycles. The molecule has 0 bridgehead atoms. The Balaban J connectivity index is -0.0000000945. The molecule has 32 heavy (non-hydrogen) atoms. The summed E-state index contributed by atoms with van der Waals surface area (Å²) in [7, 11) is 0. The van der Waals surface area contributed by atoms with Crippen LogP contribution in [0.4, 0.5) is 0 Å². The van der Waals surface area contributed by atoms with Gasteiger partial charge in [0.1, 0.15) is 12.1 Å². The molecule has 0 radical (unpaired) electrons. The van der Waals surface area contributed by atoms with Crippen LogP contribution >= 0.6 is 0 Å². The SMILES string of the molecule is N[C@@H](CCC(=O)OC(=O)C(=O)OC(=O)CC[C@H](N)C(=O)O)C(=O)O.[NaH].[NaH].[NaH].[NaH].[NaH].[NaH].[NaH].[NaH].